The number of ketones is 1. The molecule has 0 aliphatic rings. The topological polar surface area (TPSA) is 55.4 Å². The van der Waals surface area contributed by atoms with Gasteiger partial charge in [0.1, 0.15) is 11.5 Å². The summed E-state index contributed by atoms with van der Waals surface area (Å²) in [4.78, 5) is 24.7. The Balaban J connectivity index is 1.53. The van der Waals surface area contributed by atoms with Gasteiger partial charge in [-0.3, -0.25) is 9.59 Å². The van der Waals surface area contributed by atoms with Gasteiger partial charge in [0.2, 0.25) is 0 Å². The van der Waals surface area contributed by atoms with Gasteiger partial charge in [0.15, 0.2) is 5.78 Å². The molecular weight excluding hydrogens is 418 g/mol. The number of carbonyl (C=O) groups is 2. The second-order valence-corrected chi connectivity index (χ2v) is 7.12. The monoisotopic (exact) mass is 437 g/mol. The molecule has 1 N–H and O–H groups in total. The van der Waals surface area contributed by atoms with Gasteiger partial charge in [-0.15, -0.1) is 0 Å². The summed E-state index contributed by atoms with van der Waals surface area (Å²) in [5, 5.41) is 2.86. The summed E-state index contributed by atoms with van der Waals surface area (Å²) in [5.74, 6) is 1.00. The number of para-hydroxylation sites is 2. The first-order valence-electron chi connectivity index (χ1n) is 9.02. The molecule has 28 heavy (non-hydrogen) atoms. The molecule has 0 unspecified atom stereocenters. The molecule has 3 rings (SSSR count). The van der Waals surface area contributed by atoms with Crippen molar-refractivity contribution < 1.29 is 14.3 Å². The van der Waals surface area contributed by atoms with Crippen molar-refractivity contribution in [3.05, 3.63) is 94.5 Å². The first kappa shape index (κ1) is 19.8. The Hall–Kier alpha value is -2.92. The van der Waals surface area contributed by atoms with E-state index in [1.165, 1.54) is 0 Å². The molecule has 0 radical (unpaired) electrons. The van der Waals surface area contributed by atoms with E-state index in [2.05, 4.69) is 21.2 Å². The summed E-state index contributed by atoms with van der Waals surface area (Å²) >= 11 is 3.37. The third-order valence-corrected chi connectivity index (χ3v) is 4.61. The Morgan fingerprint density at radius 1 is 0.893 bits per heavy atom. The van der Waals surface area contributed by atoms with Crippen LogP contribution in [0.1, 0.15) is 33.6 Å². The largest absolute Gasteiger partial charge is 0.457 e. The molecule has 0 bridgehead atoms. The van der Waals surface area contributed by atoms with E-state index in [1.807, 2.05) is 48.5 Å². The Labute approximate surface area is 172 Å². The molecule has 0 atom stereocenters. The fourth-order valence-corrected chi connectivity index (χ4v) is 3.11. The van der Waals surface area contributed by atoms with Crippen LogP contribution >= 0.6 is 15.9 Å². The molecule has 3 aromatic carbocycles. The molecule has 4 nitrogen and oxygen atoms in total. The van der Waals surface area contributed by atoms with Gasteiger partial charge in [0.25, 0.3) is 5.91 Å². The zero-order valence-electron chi connectivity index (χ0n) is 15.2. The number of benzene rings is 3. The molecule has 3 aromatic rings. The van der Waals surface area contributed by atoms with Crippen molar-refractivity contribution in [3.8, 4) is 11.5 Å². The van der Waals surface area contributed by atoms with Crippen LogP contribution in [0, 0.1) is 0 Å². The van der Waals surface area contributed by atoms with Crippen LogP contribution in [0.15, 0.2) is 83.3 Å². The molecule has 0 spiro atoms. The molecule has 0 saturated carbocycles. The van der Waals surface area contributed by atoms with E-state index >= 15 is 0 Å². The maximum atomic E-state index is 12.5. The Kier molecular flexibility index (Phi) is 6.98. The second-order valence-electron chi connectivity index (χ2n) is 6.20. The zero-order valence-corrected chi connectivity index (χ0v) is 16.8. The number of rotatable bonds is 8. The lowest BCUT2D eigenvalue weighted by atomic mass is 10.1. The van der Waals surface area contributed by atoms with Crippen molar-refractivity contribution in [2.75, 3.05) is 6.54 Å². The van der Waals surface area contributed by atoms with Gasteiger partial charge in [-0.05, 0) is 42.8 Å². The maximum Gasteiger partial charge on any atom is 0.255 e. The van der Waals surface area contributed by atoms with E-state index in [4.69, 9.17) is 4.74 Å². The average molecular weight is 438 g/mol. The van der Waals surface area contributed by atoms with E-state index in [1.54, 1.807) is 30.3 Å². The number of amides is 1. The normalized spacial score (nSPS) is 10.3. The zero-order chi connectivity index (χ0) is 19.8. The Morgan fingerprint density at radius 3 is 2.43 bits per heavy atom. The summed E-state index contributed by atoms with van der Waals surface area (Å²) in [6.45, 7) is 0.415. The molecule has 0 aromatic heterocycles. The average Bonchev–Trinajstić information content (AvgIpc) is 2.72. The standard InChI is InChI=1S/C23H20BrNO3/c24-18-9-6-8-17(16-18)21(26)13-7-15-25-23(27)20-12-4-5-14-22(20)28-19-10-2-1-3-11-19/h1-6,8-12,14,16H,7,13,15H2,(H,25,27). The lowest BCUT2D eigenvalue weighted by Crippen LogP contribution is -2.25. The molecule has 0 heterocycles. The molecular formula is C23H20BrNO3. The molecule has 5 heteroatoms. The molecule has 0 aliphatic heterocycles. The van der Waals surface area contributed by atoms with Crippen molar-refractivity contribution >= 4 is 27.6 Å². The fourth-order valence-electron chi connectivity index (χ4n) is 2.71. The highest BCUT2D eigenvalue weighted by Gasteiger charge is 2.13. The number of halogens is 1. The van der Waals surface area contributed by atoms with Crippen LogP contribution < -0.4 is 10.1 Å². The predicted octanol–water partition coefficient (Wildman–Crippen LogP) is 5.63. The lowest BCUT2D eigenvalue weighted by molar-refractivity contribution is 0.0936. The molecule has 0 fully saturated rings. The minimum atomic E-state index is -0.221. The van der Waals surface area contributed by atoms with Crippen LogP contribution in [0.2, 0.25) is 0 Å². The minimum absolute atomic E-state index is 0.0587. The minimum Gasteiger partial charge on any atom is -0.457 e. The number of carbonyl (C=O) groups excluding carboxylic acids is 2. The van der Waals surface area contributed by atoms with Gasteiger partial charge in [-0.1, -0.05) is 58.4 Å². The molecule has 0 aliphatic carbocycles. The van der Waals surface area contributed by atoms with Crippen LogP contribution in [-0.2, 0) is 0 Å². The quantitative estimate of drug-likeness (QED) is 0.366. The van der Waals surface area contributed by atoms with E-state index in [9.17, 15) is 9.59 Å². The first-order valence-corrected chi connectivity index (χ1v) is 9.81. The van der Waals surface area contributed by atoms with Gasteiger partial charge < -0.3 is 10.1 Å². The van der Waals surface area contributed by atoms with Crippen LogP contribution in [0.4, 0.5) is 0 Å². The summed E-state index contributed by atoms with van der Waals surface area (Å²) < 4.78 is 6.70. The summed E-state index contributed by atoms with van der Waals surface area (Å²) in [6, 6.07) is 23.7. The highest BCUT2D eigenvalue weighted by Crippen LogP contribution is 2.25. The molecule has 0 saturated heterocycles. The SMILES string of the molecule is O=C(CCCNC(=O)c1ccccc1Oc1ccccc1)c1cccc(Br)c1. The van der Waals surface area contributed by atoms with Gasteiger partial charge >= 0.3 is 0 Å². The first-order chi connectivity index (χ1) is 13.6. The summed E-state index contributed by atoms with van der Waals surface area (Å²) in [5.41, 5.74) is 1.13. The lowest BCUT2D eigenvalue weighted by Gasteiger charge is -2.11. The van der Waals surface area contributed by atoms with E-state index in [-0.39, 0.29) is 11.7 Å². The number of Topliss-reactive ketones (excluding diaryl/α,β-unsaturated/α-hetero) is 1. The van der Waals surface area contributed by atoms with Crippen molar-refractivity contribution in [2.24, 2.45) is 0 Å². The third kappa shape index (κ3) is 5.54. The maximum absolute atomic E-state index is 12.5. The van der Waals surface area contributed by atoms with Crippen molar-refractivity contribution in [2.45, 2.75) is 12.8 Å². The van der Waals surface area contributed by atoms with Gasteiger partial charge in [-0.25, -0.2) is 0 Å². The van der Waals surface area contributed by atoms with E-state index < -0.39 is 0 Å². The number of nitrogens with one attached hydrogen (secondary N) is 1. The summed E-state index contributed by atoms with van der Waals surface area (Å²) in [7, 11) is 0. The van der Waals surface area contributed by atoms with Crippen LogP contribution in [0.3, 0.4) is 0 Å². The van der Waals surface area contributed by atoms with Crippen molar-refractivity contribution in [1.29, 1.82) is 0 Å². The van der Waals surface area contributed by atoms with E-state index in [0.717, 1.165) is 4.47 Å². The molecule has 1 amide bonds. The predicted molar refractivity (Wildman–Crippen MR) is 113 cm³/mol. The van der Waals surface area contributed by atoms with E-state index in [0.29, 0.717) is 42.0 Å². The van der Waals surface area contributed by atoms with Crippen molar-refractivity contribution in [1.82, 2.24) is 5.32 Å². The van der Waals surface area contributed by atoms with Crippen LogP contribution in [0.5, 0.6) is 11.5 Å². The van der Waals surface area contributed by atoms with Gasteiger partial charge in [0, 0.05) is 23.0 Å². The second kappa shape index (κ2) is 9.85. The fraction of sp³-hybridized carbons (Fsp3) is 0.130. The van der Waals surface area contributed by atoms with Gasteiger partial charge in [0.05, 0.1) is 5.56 Å². The van der Waals surface area contributed by atoms with Crippen LogP contribution in [0.25, 0.3) is 0 Å². The van der Waals surface area contributed by atoms with Gasteiger partial charge in [-0.2, -0.15) is 0 Å². The molecule has 142 valence electrons. The van der Waals surface area contributed by atoms with Crippen molar-refractivity contribution in [3.63, 3.8) is 0 Å². The number of hydrogen-bond acceptors (Lipinski definition) is 3. The third-order valence-electron chi connectivity index (χ3n) is 4.12. The van der Waals surface area contributed by atoms with Crippen LogP contribution in [-0.4, -0.2) is 18.2 Å². The highest BCUT2D eigenvalue weighted by atomic mass is 79.9. The Bertz CT molecular complexity index is 957. The smallest absolute Gasteiger partial charge is 0.255 e. The number of hydrogen-bond donors (Lipinski definition) is 1. The Morgan fingerprint density at radius 2 is 1.64 bits per heavy atom. The highest BCUT2D eigenvalue weighted by molar-refractivity contribution is 9.10. The number of ether oxygens (including phenoxy) is 1. The summed E-state index contributed by atoms with van der Waals surface area (Å²) in [6.07, 6.45) is 0.942.